The molecule has 1 N–H and O–H groups in total. The lowest BCUT2D eigenvalue weighted by molar-refractivity contribution is -0.126. The van der Waals surface area contributed by atoms with Gasteiger partial charge in [-0.05, 0) is 55.3 Å². The molecule has 3 heterocycles. The summed E-state index contributed by atoms with van der Waals surface area (Å²) in [4.78, 5) is 28.2. The number of hydrogen-bond acceptors (Lipinski definition) is 4. The molecule has 6 nitrogen and oxygen atoms in total. The van der Waals surface area contributed by atoms with Gasteiger partial charge in [0.1, 0.15) is 5.71 Å². The highest BCUT2D eigenvalue weighted by Gasteiger charge is 2.34. The molecule has 2 amide bonds. The average Bonchev–Trinajstić information content (AvgIpc) is 3.18. The van der Waals surface area contributed by atoms with E-state index in [9.17, 15) is 9.59 Å². The van der Waals surface area contributed by atoms with E-state index in [0.717, 1.165) is 56.5 Å². The molecule has 1 aromatic carbocycles. The SMILES string of the molecule is O=C1CCC(C(=O)N2CCC([C@@H]3CCN(Cc4ccc(Cl)cc4)C3)CC2)=NN1. The summed E-state index contributed by atoms with van der Waals surface area (Å²) >= 11 is 5.98. The molecule has 0 aromatic heterocycles. The van der Waals surface area contributed by atoms with Crippen LogP contribution in [0.25, 0.3) is 0 Å². The van der Waals surface area contributed by atoms with Gasteiger partial charge in [-0.2, -0.15) is 5.10 Å². The Hall–Kier alpha value is -1.92. The van der Waals surface area contributed by atoms with E-state index in [1.54, 1.807) is 0 Å². The number of nitrogens with zero attached hydrogens (tertiary/aromatic N) is 3. The van der Waals surface area contributed by atoms with Gasteiger partial charge >= 0.3 is 0 Å². The molecule has 0 bridgehead atoms. The van der Waals surface area contributed by atoms with E-state index in [1.165, 1.54) is 12.0 Å². The fourth-order valence-corrected chi connectivity index (χ4v) is 4.75. The molecular weight excluding hydrogens is 376 g/mol. The van der Waals surface area contributed by atoms with E-state index in [-0.39, 0.29) is 11.8 Å². The third-order valence-corrected chi connectivity index (χ3v) is 6.53. The van der Waals surface area contributed by atoms with E-state index in [4.69, 9.17) is 11.6 Å². The van der Waals surface area contributed by atoms with Crippen molar-refractivity contribution in [2.45, 2.75) is 38.6 Å². The number of carbonyl (C=O) groups is 2. The number of hydrazone groups is 1. The summed E-state index contributed by atoms with van der Waals surface area (Å²) in [6.07, 6.45) is 4.17. The van der Waals surface area contributed by atoms with Crippen molar-refractivity contribution in [2.75, 3.05) is 26.2 Å². The second kappa shape index (κ2) is 8.62. The fraction of sp³-hybridized carbons (Fsp3) is 0.571. The van der Waals surface area contributed by atoms with Crippen LogP contribution in [-0.4, -0.2) is 53.5 Å². The van der Waals surface area contributed by atoms with Crippen molar-refractivity contribution < 1.29 is 9.59 Å². The van der Waals surface area contributed by atoms with Crippen molar-refractivity contribution in [1.29, 1.82) is 0 Å². The van der Waals surface area contributed by atoms with Crippen molar-refractivity contribution in [1.82, 2.24) is 15.2 Å². The summed E-state index contributed by atoms with van der Waals surface area (Å²) < 4.78 is 0. The molecule has 0 spiro atoms. The zero-order chi connectivity index (χ0) is 19.5. The monoisotopic (exact) mass is 402 g/mol. The molecule has 0 unspecified atom stereocenters. The van der Waals surface area contributed by atoms with Crippen LogP contribution in [0.2, 0.25) is 5.02 Å². The van der Waals surface area contributed by atoms with Gasteiger partial charge in [-0.3, -0.25) is 14.5 Å². The number of rotatable bonds is 4. The number of amides is 2. The molecule has 7 heteroatoms. The summed E-state index contributed by atoms with van der Waals surface area (Å²) in [7, 11) is 0. The Labute approximate surface area is 170 Å². The summed E-state index contributed by atoms with van der Waals surface area (Å²) in [6.45, 7) is 4.85. The van der Waals surface area contributed by atoms with Crippen LogP contribution >= 0.6 is 11.6 Å². The fourth-order valence-electron chi connectivity index (χ4n) is 4.62. The van der Waals surface area contributed by atoms with Gasteiger partial charge in [-0.15, -0.1) is 0 Å². The second-order valence-corrected chi connectivity index (χ2v) is 8.57. The van der Waals surface area contributed by atoms with Crippen LogP contribution in [0.3, 0.4) is 0 Å². The van der Waals surface area contributed by atoms with Gasteiger partial charge in [-0.1, -0.05) is 23.7 Å². The van der Waals surface area contributed by atoms with Crippen LogP contribution in [-0.2, 0) is 16.1 Å². The predicted octanol–water partition coefficient (Wildman–Crippen LogP) is 2.67. The predicted molar refractivity (Wildman–Crippen MR) is 109 cm³/mol. The standard InChI is InChI=1S/C21H27ClN4O2/c22-18-3-1-15(2-4-18)13-25-10-7-17(14-25)16-8-11-26(12-9-16)21(28)19-5-6-20(27)24-23-19/h1-4,16-17H,5-14H2,(H,24,27)/t17-/m1/s1. The van der Waals surface area contributed by atoms with E-state index >= 15 is 0 Å². The number of benzene rings is 1. The van der Waals surface area contributed by atoms with E-state index in [2.05, 4.69) is 27.6 Å². The van der Waals surface area contributed by atoms with E-state index in [1.807, 2.05) is 17.0 Å². The largest absolute Gasteiger partial charge is 0.338 e. The smallest absolute Gasteiger partial charge is 0.270 e. The Morgan fingerprint density at radius 3 is 2.46 bits per heavy atom. The minimum absolute atomic E-state index is 0.00534. The van der Waals surface area contributed by atoms with Crippen molar-refractivity contribution in [3.63, 3.8) is 0 Å². The first-order valence-electron chi connectivity index (χ1n) is 10.2. The van der Waals surface area contributed by atoms with Crippen LogP contribution in [0.5, 0.6) is 0 Å². The Morgan fingerprint density at radius 2 is 1.79 bits per heavy atom. The molecule has 28 heavy (non-hydrogen) atoms. The maximum atomic E-state index is 12.6. The van der Waals surface area contributed by atoms with Crippen molar-refractivity contribution in [2.24, 2.45) is 16.9 Å². The maximum Gasteiger partial charge on any atom is 0.270 e. The number of likely N-dealkylation sites (tertiary alicyclic amines) is 2. The van der Waals surface area contributed by atoms with Gasteiger partial charge in [0.25, 0.3) is 5.91 Å². The number of carbonyl (C=O) groups excluding carboxylic acids is 2. The highest BCUT2D eigenvalue weighted by molar-refractivity contribution is 6.39. The number of piperidine rings is 1. The molecule has 3 aliphatic rings. The molecule has 150 valence electrons. The average molecular weight is 403 g/mol. The van der Waals surface area contributed by atoms with Crippen molar-refractivity contribution >= 4 is 29.1 Å². The quantitative estimate of drug-likeness (QED) is 0.842. The number of halogens is 1. The van der Waals surface area contributed by atoms with Crippen LogP contribution in [0.1, 0.15) is 37.7 Å². The maximum absolute atomic E-state index is 12.6. The lowest BCUT2D eigenvalue weighted by Crippen LogP contribution is -2.45. The Kier molecular flexibility index (Phi) is 5.97. The summed E-state index contributed by atoms with van der Waals surface area (Å²) in [5.41, 5.74) is 4.23. The van der Waals surface area contributed by atoms with Crippen molar-refractivity contribution in [3.05, 3.63) is 34.9 Å². The number of nitrogens with one attached hydrogen (secondary N) is 1. The highest BCUT2D eigenvalue weighted by Crippen LogP contribution is 2.32. The minimum atomic E-state index is -0.111. The Bertz CT molecular complexity index is 756. The molecule has 0 aliphatic carbocycles. The molecule has 0 saturated carbocycles. The summed E-state index contributed by atoms with van der Waals surface area (Å²) in [5.74, 6) is 1.29. The van der Waals surface area contributed by atoms with Gasteiger partial charge in [0.05, 0.1) is 0 Å². The summed E-state index contributed by atoms with van der Waals surface area (Å²) in [5, 5.41) is 4.73. The van der Waals surface area contributed by atoms with E-state index in [0.29, 0.717) is 24.5 Å². The molecule has 1 aromatic rings. The molecule has 1 atom stereocenters. The minimum Gasteiger partial charge on any atom is -0.338 e. The molecule has 2 fully saturated rings. The van der Waals surface area contributed by atoms with Crippen LogP contribution in [0.4, 0.5) is 0 Å². The van der Waals surface area contributed by atoms with Gasteiger partial charge < -0.3 is 4.90 Å². The molecule has 0 radical (unpaired) electrons. The molecular formula is C21H27ClN4O2. The number of hydrogen-bond donors (Lipinski definition) is 1. The van der Waals surface area contributed by atoms with Crippen LogP contribution in [0, 0.1) is 11.8 Å². The van der Waals surface area contributed by atoms with Gasteiger partial charge in [0.2, 0.25) is 5.91 Å². The zero-order valence-corrected chi connectivity index (χ0v) is 16.8. The second-order valence-electron chi connectivity index (χ2n) is 8.13. The van der Waals surface area contributed by atoms with Crippen LogP contribution < -0.4 is 5.43 Å². The highest BCUT2D eigenvalue weighted by atomic mass is 35.5. The Balaban J connectivity index is 1.24. The third-order valence-electron chi connectivity index (χ3n) is 6.27. The molecule has 3 aliphatic heterocycles. The Morgan fingerprint density at radius 1 is 1.07 bits per heavy atom. The lowest BCUT2D eigenvalue weighted by Gasteiger charge is -2.35. The lowest BCUT2D eigenvalue weighted by atomic mass is 9.83. The molecule has 4 rings (SSSR count). The topological polar surface area (TPSA) is 65.0 Å². The first-order valence-corrected chi connectivity index (χ1v) is 10.6. The van der Waals surface area contributed by atoms with Crippen LogP contribution in [0.15, 0.2) is 29.4 Å². The molecule has 2 saturated heterocycles. The van der Waals surface area contributed by atoms with Gasteiger partial charge in [-0.25, -0.2) is 5.43 Å². The van der Waals surface area contributed by atoms with E-state index < -0.39 is 0 Å². The third kappa shape index (κ3) is 4.55. The van der Waals surface area contributed by atoms with Gasteiger partial charge in [0, 0.05) is 44.0 Å². The van der Waals surface area contributed by atoms with Crippen molar-refractivity contribution in [3.8, 4) is 0 Å². The van der Waals surface area contributed by atoms with Gasteiger partial charge in [0.15, 0.2) is 0 Å². The normalized spacial score (nSPS) is 24.2. The zero-order valence-electron chi connectivity index (χ0n) is 16.1. The summed E-state index contributed by atoms with van der Waals surface area (Å²) in [6, 6.07) is 8.13. The first-order chi connectivity index (χ1) is 13.6. The first kappa shape index (κ1) is 19.4.